The van der Waals surface area contributed by atoms with Crippen molar-refractivity contribution in [3.8, 4) is 0 Å². The van der Waals surface area contributed by atoms with Crippen LogP contribution in [0.15, 0.2) is 91.0 Å². The van der Waals surface area contributed by atoms with Gasteiger partial charge < -0.3 is 21.9 Å². The van der Waals surface area contributed by atoms with E-state index in [-0.39, 0.29) is 6.42 Å². The van der Waals surface area contributed by atoms with Crippen LogP contribution in [-0.2, 0) is 17.6 Å². The SMILES string of the molecule is NC(=O)c1c(Cc2ccc(C(=O)NC(Cc3ccccc3)[C@H](O)C(N)=O)cc2)ccc2ccccc12. The molecule has 4 aromatic carbocycles. The van der Waals surface area contributed by atoms with E-state index in [9.17, 15) is 19.5 Å². The summed E-state index contributed by atoms with van der Waals surface area (Å²) in [6.45, 7) is 0. The molecule has 2 atom stereocenters. The zero-order valence-corrected chi connectivity index (χ0v) is 19.6. The minimum Gasteiger partial charge on any atom is -0.381 e. The summed E-state index contributed by atoms with van der Waals surface area (Å²) in [5.74, 6) is -1.84. The minimum absolute atomic E-state index is 0.243. The number of fused-ring (bicyclic) bond motifs is 1. The molecule has 36 heavy (non-hydrogen) atoms. The van der Waals surface area contributed by atoms with Crippen LogP contribution in [0.2, 0.25) is 0 Å². The van der Waals surface area contributed by atoms with Crippen molar-refractivity contribution in [2.75, 3.05) is 0 Å². The molecule has 4 aromatic rings. The summed E-state index contributed by atoms with van der Waals surface area (Å²) in [7, 11) is 0. The van der Waals surface area contributed by atoms with Crippen LogP contribution >= 0.6 is 0 Å². The van der Waals surface area contributed by atoms with Crippen molar-refractivity contribution < 1.29 is 19.5 Å². The Kier molecular flexibility index (Phi) is 7.42. The lowest BCUT2D eigenvalue weighted by Gasteiger charge is -2.22. The predicted octanol–water partition coefficient (Wildman–Crippen LogP) is 2.72. The van der Waals surface area contributed by atoms with E-state index in [1.165, 1.54) is 0 Å². The highest BCUT2D eigenvalue weighted by molar-refractivity contribution is 6.07. The number of aliphatic hydroxyl groups is 1. The van der Waals surface area contributed by atoms with Gasteiger partial charge in [0.2, 0.25) is 11.8 Å². The number of carbonyl (C=O) groups excluding carboxylic acids is 3. The van der Waals surface area contributed by atoms with Crippen LogP contribution in [0.1, 0.15) is 37.4 Å². The van der Waals surface area contributed by atoms with Gasteiger partial charge in [0.05, 0.1) is 11.6 Å². The summed E-state index contributed by atoms with van der Waals surface area (Å²) >= 11 is 0. The van der Waals surface area contributed by atoms with Gasteiger partial charge in [0, 0.05) is 5.56 Å². The normalized spacial score (nSPS) is 12.6. The van der Waals surface area contributed by atoms with Gasteiger partial charge in [0.25, 0.3) is 5.91 Å². The van der Waals surface area contributed by atoms with Gasteiger partial charge in [-0.15, -0.1) is 0 Å². The second kappa shape index (κ2) is 10.8. The molecule has 0 saturated heterocycles. The van der Waals surface area contributed by atoms with Crippen molar-refractivity contribution in [1.29, 1.82) is 0 Å². The molecule has 7 nitrogen and oxygen atoms in total. The number of aliphatic hydroxyl groups excluding tert-OH is 1. The highest BCUT2D eigenvalue weighted by Crippen LogP contribution is 2.24. The van der Waals surface area contributed by atoms with E-state index in [0.717, 1.165) is 27.5 Å². The van der Waals surface area contributed by atoms with E-state index in [1.54, 1.807) is 24.3 Å². The molecule has 0 aliphatic heterocycles. The first-order valence-corrected chi connectivity index (χ1v) is 11.5. The smallest absolute Gasteiger partial charge is 0.251 e. The largest absolute Gasteiger partial charge is 0.381 e. The highest BCUT2D eigenvalue weighted by Gasteiger charge is 2.26. The molecule has 0 aliphatic carbocycles. The first-order valence-electron chi connectivity index (χ1n) is 11.5. The molecule has 0 aliphatic rings. The average Bonchev–Trinajstić information content (AvgIpc) is 2.88. The Morgan fingerprint density at radius 1 is 0.778 bits per heavy atom. The third-order valence-corrected chi connectivity index (χ3v) is 6.16. The standard InChI is InChI=1S/C29H27N3O4/c30-27(34)25-22(15-14-20-8-4-5-9-23(20)25)16-19-10-12-21(13-11-19)29(36)32-24(26(33)28(31)35)17-18-6-2-1-3-7-18/h1-15,24,26,33H,16-17H2,(H2,30,34)(H2,31,35)(H,32,36)/t24?,26-/m0/s1. The molecule has 3 amide bonds. The van der Waals surface area contributed by atoms with Gasteiger partial charge >= 0.3 is 0 Å². The van der Waals surface area contributed by atoms with E-state index < -0.39 is 29.9 Å². The second-order valence-electron chi connectivity index (χ2n) is 8.68. The summed E-state index contributed by atoms with van der Waals surface area (Å²) < 4.78 is 0. The zero-order chi connectivity index (χ0) is 25.7. The number of hydrogen-bond acceptors (Lipinski definition) is 4. The number of carbonyl (C=O) groups is 3. The number of amides is 3. The first-order chi connectivity index (χ1) is 17.3. The van der Waals surface area contributed by atoms with E-state index in [1.807, 2.05) is 66.7 Å². The molecular formula is C29H27N3O4. The van der Waals surface area contributed by atoms with Crippen LogP contribution in [-0.4, -0.2) is 35.0 Å². The van der Waals surface area contributed by atoms with Crippen molar-refractivity contribution in [3.63, 3.8) is 0 Å². The molecule has 7 heteroatoms. The summed E-state index contributed by atoms with van der Waals surface area (Å²) in [5.41, 5.74) is 14.4. The Labute approximate surface area is 208 Å². The summed E-state index contributed by atoms with van der Waals surface area (Å²) in [4.78, 5) is 36.7. The summed E-state index contributed by atoms with van der Waals surface area (Å²) in [6, 6.07) is 26.7. The topological polar surface area (TPSA) is 136 Å². The van der Waals surface area contributed by atoms with Crippen LogP contribution in [0.5, 0.6) is 0 Å². The van der Waals surface area contributed by atoms with Crippen LogP contribution in [0.25, 0.3) is 10.8 Å². The predicted molar refractivity (Wildman–Crippen MR) is 138 cm³/mol. The molecule has 1 unspecified atom stereocenters. The van der Waals surface area contributed by atoms with Gasteiger partial charge in [-0.25, -0.2) is 0 Å². The molecule has 0 spiro atoms. The number of hydrogen-bond donors (Lipinski definition) is 4. The van der Waals surface area contributed by atoms with Crippen LogP contribution < -0.4 is 16.8 Å². The molecule has 4 rings (SSSR count). The third-order valence-electron chi connectivity index (χ3n) is 6.16. The number of nitrogens with one attached hydrogen (secondary N) is 1. The van der Waals surface area contributed by atoms with Gasteiger partial charge in [0.15, 0.2) is 6.10 Å². The Balaban J connectivity index is 1.51. The number of benzene rings is 4. The van der Waals surface area contributed by atoms with Crippen LogP contribution in [0.3, 0.4) is 0 Å². The van der Waals surface area contributed by atoms with Crippen molar-refractivity contribution >= 4 is 28.5 Å². The Morgan fingerprint density at radius 3 is 2.11 bits per heavy atom. The van der Waals surface area contributed by atoms with Gasteiger partial charge in [-0.3, -0.25) is 14.4 Å². The summed E-state index contributed by atoms with van der Waals surface area (Å²) in [5, 5.41) is 14.7. The first kappa shape index (κ1) is 24.6. The Bertz CT molecular complexity index is 1400. The quantitative estimate of drug-likeness (QED) is 0.292. The fraction of sp³-hybridized carbons (Fsp3) is 0.138. The molecule has 0 aromatic heterocycles. The lowest BCUT2D eigenvalue weighted by Crippen LogP contribution is -2.50. The summed E-state index contributed by atoms with van der Waals surface area (Å²) in [6.07, 6.45) is -0.831. The Morgan fingerprint density at radius 2 is 1.44 bits per heavy atom. The molecule has 6 N–H and O–H groups in total. The lowest BCUT2D eigenvalue weighted by atomic mass is 9.94. The number of rotatable bonds is 9. The molecule has 182 valence electrons. The maximum atomic E-state index is 12.9. The average molecular weight is 482 g/mol. The number of primary amides is 2. The van der Waals surface area contributed by atoms with Crippen LogP contribution in [0, 0.1) is 0 Å². The van der Waals surface area contributed by atoms with E-state index >= 15 is 0 Å². The maximum absolute atomic E-state index is 12.9. The highest BCUT2D eigenvalue weighted by atomic mass is 16.3. The fourth-order valence-electron chi connectivity index (χ4n) is 4.31. The Hall–Kier alpha value is -4.49. The van der Waals surface area contributed by atoms with Gasteiger partial charge in [-0.05, 0) is 52.4 Å². The molecule has 0 saturated carbocycles. The van der Waals surface area contributed by atoms with Gasteiger partial charge in [-0.1, -0.05) is 78.9 Å². The molecule has 0 radical (unpaired) electrons. The molecule has 0 fully saturated rings. The van der Waals surface area contributed by atoms with Gasteiger partial charge in [-0.2, -0.15) is 0 Å². The van der Waals surface area contributed by atoms with Crippen molar-refractivity contribution in [2.24, 2.45) is 11.5 Å². The minimum atomic E-state index is -1.53. The van der Waals surface area contributed by atoms with E-state index in [4.69, 9.17) is 11.5 Å². The van der Waals surface area contributed by atoms with Crippen LogP contribution in [0.4, 0.5) is 0 Å². The molecule has 0 heterocycles. The number of nitrogens with two attached hydrogens (primary N) is 2. The maximum Gasteiger partial charge on any atom is 0.251 e. The molecular weight excluding hydrogens is 454 g/mol. The van der Waals surface area contributed by atoms with Crippen molar-refractivity contribution in [1.82, 2.24) is 5.32 Å². The molecule has 0 bridgehead atoms. The zero-order valence-electron chi connectivity index (χ0n) is 19.6. The van der Waals surface area contributed by atoms with E-state index in [2.05, 4.69) is 5.32 Å². The lowest BCUT2D eigenvalue weighted by molar-refractivity contribution is -0.127. The fourth-order valence-corrected chi connectivity index (χ4v) is 4.31. The van der Waals surface area contributed by atoms with Crippen molar-refractivity contribution in [3.05, 3.63) is 119 Å². The van der Waals surface area contributed by atoms with E-state index in [0.29, 0.717) is 17.5 Å². The second-order valence-corrected chi connectivity index (χ2v) is 8.68. The van der Waals surface area contributed by atoms with Gasteiger partial charge in [0.1, 0.15) is 0 Å². The van der Waals surface area contributed by atoms with Crippen molar-refractivity contribution in [2.45, 2.75) is 25.0 Å². The monoisotopic (exact) mass is 481 g/mol. The third kappa shape index (κ3) is 5.59.